The Morgan fingerprint density at radius 1 is 1.10 bits per heavy atom. The number of rotatable bonds is 10. The highest BCUT2D eigenvalue weighted by molar-refractivity contribution is 14.0. The van der Waals surface area contributed by atoms with E-state index in [4.69, 9.17) is 14.0 Å². The Morgan fingerprint density at radius 2 is 1.83 bits per heavy atom. The molecule has 0 unspecified atom stereocenters. The number of aromatic nitrogens is 1. The fourth-order valence-electron chi connectivity index (χ4n) is 2.99. The van der Waals surface area contributed by atoms with Crippen LogP contribution < -0.4 is 20.1 Å². The van der Waals surface area contributed by atoms with Crippen molar-refractivity contribution in [2.24, 2.45) is 4.99 Å². The molecular formula is C21H33IN4O3. The number of hydrogen-bond donors (Lipinski definition) is 2. The van der Waals surface area contributed by atoms with Crippen LogP contribution in [0, 0.1) is 0 Å². The second-order valence-electron chi connectivity index (χ2n) is 6.43. The summed E-state index contributed by atoms with van der Waals surface area (Å²) in [4.78, 5) is 4.26. The number of aliphatic imine (C=N–C) groups is 1. The van der Waals surface area contributed by atoms with Gasteiger partial charge in [-0.05, 0) is 37.5 Å². The second-order valence-corrected chi connectivity index (χ2v) is 6.43. The summed E-state index contributed by atoms with van der Waals surface area (Å²) in [6.07, 6.45) is 2.12. The molecule has 0 amide bonds. The average Bonchev–Trinajstić information content (AvgIpc) is 3.19. The number of nitrogens with one attached hydrogen (secondary N) is 2. The molecule has 1 aromatic carbocycles. The Balaban J connectivity index is 0.00000420. The zero-order chi connectivity index (χ0) is 20.4. The molecule has 0 radical (unpaired) electrons. The van der Waals surface area contributed by atoms with Crippen molar-refractivity contribution >= 4 is 29.9 Å². The van der Waals surface area contributed by atoms with Crippen molar-refractivity contribution in [2.45, 2.75) is 52.6 Å². The molecule has 8 heteroatoms. The average molecular weight is 516 g/mol. The number of halogens is 1. The molecule has 0 fully saturated rings. The van der Waals surface area contributed by atoms with E-state index < -0.39 is 0 Å². The first-order chi connectivity index (χ1) is 13.6. The summed E-state index contributed by atoms with van der Waals surface area (Å²) in [6, 6.07) is 7.91. The first-order valence-corrected chi connectivity index (χ1v) is 9.84. The number of guanidine groups is 1. The largest absolute Gasteiger partial charge is 0.493 e. The minimum absolute atomic E-state index is 0. The first-order valence-electron chi connectivity index (χ1n) is 9.84. The Hall–Kier alpha value is -1.97. The van der Waals surface area contributed by atoms with Gasteiger partial charge in [-0.25, -0.2) is 0 Å². The zero-order valence-corrected chi connectivity index (χ0v) is 20.3. The third-order valence-electron chi connectivity index (χ3n) is 4.62. The van der Waals surface area contributed by atoms with E-state index in [0.29, 0.717) is 31.6 Å². The van der Waals surface area contributed by atoms with Gasteiger partial charge in [-0.15, -0.1) is 24.0 Å². The maximum Gasteiger partial charge on any atom is 0.191 e. The first kappa shape index (κ1) is 25.1. The summed E-state index contributed by atoms with van der Waals surface area (Å²) in [7, 11) is 3.38. The molecule has 29 heavy (non-hydrogen) atoms. The highest BCUT2D eigenvalue weighted by atomic mass is 127. The fourth-order valence-corrected chi connectivity index (χ4v) is 2.99. The van der Waals surface area contributed by atoms with E-state index in [0.717, 1.165) is 41.4 Å². The van der Waals surface area contributed by atoms with Gasteiger partial charge in [-0.1, -0.05) is 25.1 Å². The van der Waals surface area contributed by atoms with E-state index >= 15 is 0 Å². The minimum atomic E-state index is 0. The predicted octanol–water partition coefficient (Wildman–Crippen LogP) is 4.47. The zero-order valence-electron chi connectivity index (χ0n) is 17.9. The molecule has 2 N–H and O–H groups in total. The number of ether oxygens (including phenoxy) is 2. The standard InChI is InChI=1S/C21H32N4O3.HI/c1-6-16(7-2)18-12-17(28-25-18)14-24-21(22-4)23-13-15-9-10-19(27-8-3)20(11-15)26-5;/h9-12,16H,6-8,13-14H2,1-5H3,(H2,22,23,24);1H. The topological polar surface area (TPSA) is 80.9 Å². The molecule has 2 aromatic rings. The highest BCUT2D eigenvalue weighted by Gasteiger charge is 2.13. The number of nitrogens with zero attached hydrogens (tertiary/aromatic N) is 2. The molecule has 1 heterocycles. The summed E-state index contributed by atoms with van der Waals surface area (Å²) < 4.78 is 16.4. The van der Waals surface area contributed by atoms with E-state index in [2.05, 4.69) is 34.6 Å². The van der Waals surface area contributed by atoms with E-state index in [-0.39, 0.29) is 24.0 Å². The van der Waals surface area contributed by atoms with Gasteiger partial charge in [0.1, 0.15) is 0 Å². The minimum Gasteiger partial charge on any atom is -0.493 e. The van der Waals surface area contributed by atoms with Crippen LogP contribution in [0.5, 0.6) is 11.5 Å². The lowest BCUT2D eigenvalue weighted by molar-refractivity contribution is 0.310. The van der Waals surface area contributed by atoms with Crippen LogP contribution in [-0.2, 0) is 13.1 Å². The number of hydrogen-bond acceptors (Lipinski definition) is 5. The number of methoxy groups -OCH3 is 1. The summed E-state index contributed by atoms with van der Waals surface area (Å²) in [5.74, 6) is 3.40. The molecule has 0 spiro atoms. The van der Waals surface area contributed by atoms with E-state index in [1.54, 1.807) is 14.2 Å². The lowest BCUT2D eigenvalue weighted by atomic mass is 9.99. The highest BCUT2D eigenvalue weighted by Crippen LogP contribution is 2.28. The Morgan fingerprint density at radius 3 is 2.45 bits per heavy atom. The fraction of sp³-hybridized carbons (Fsp3) is 0.524. The van der Waals surface area contributed by atoms with Crippen LogP contribution in [0.1, 0.15) is 56.5 Å². The second kappa shape index (κ2) is 13.3. The van der Waals surface area contributed by atoms with Gasteiger partial charge in [-0.2, -0.15) is 0 Å². The molecular weight excluding hydrogens is 483 g/mol. The van der Waals surface area contributed by atoms with Gasteiger partial charge in [0.2, 0.25) is 0 Å². The molecule has 0 atom stereocenters. The van der Waals surface area contributed by atoms with Crippen molar-refractivity contribution in [2.75, 3.05) is 20.8 Å². The Bertz CT molecular complexity index is 760. The summed E-state index contributed by atoms with van der Waals surface area (Å²) in [6.45, 7) is 8.03. The molecule has 0 aliphatic carbocycles. The molecule has 0 aliphatic heterocycles. The lowest BCUT2D eigenvalue weighted by Crippen LogP contribution is -2.36. The van der Waals surface area contributed by atoms with Crippen LogP contribution in [-0.4, -0.2) is 31.9 Å². The summed E-state index contributed by atoms with van der Waals surface area (Å²) >= 11 is 0. The molecule has 0 aliphatic rings. The van der Waals surface area contributed by atoms with Gasteiger partial charge in [0.15, 0.2) is 23.2 Å². The van der Waals surface area contributed by atoms with Crippen LogP contribution in [0.3, 0.4) is 0 Å². The van der Waals surface area contributed by atoms with Crippen LogP contribution >= 0.6 is 24.0 Å². The normalized spacial score (nSPS) is 11.2. The molecule has 2 rings (SSSR count). The molecule has 1 aromatic heterocycles. The number of benzene rings is 1. The molecule has 7 nitrogen and oxygen atoms in total. The maximum atomic E-state index is 5.55. The van der Waals surface area contributed by atoms with Crippen molar-refractivity contribution in [3.8, 4) is 11.5 Å². The van der Waals surface area contributed by atoms with E-state index in [1.807, 2.05) is 31.2 Å². The predicted molar refractivity (Wildman–Crippen MR) is 126 cm³/mol. The van der Waals surface area contributed by atoms with Crippen molar-refractivity contribution in [1.29, 1.82) is 0 Å². The Kier molecular flexibility index (Phi) is 11.5. The van der Waals surface area contributed by atoms with Gasteiger partial charge >= 0.3 is 0 Å². The third kappa shape index (κ3) is 7.41. The Labute approximate surface area is 190 Å². The van der Waals surface area contributed by atoms with Crippen LogP contribution in [0.4, 0.5) is 0 Å². The monoisotopic (exact) mass is 516 g/mol. The smallest absolute Gasteiger partial charge is 0.191 e. The molecule has 162 valence electrons. The third-order valence-corrected chi connectivity index (χ3v) is 4.62. The van der Waals surface area contributed by atoms with Gasteiger partial charge < -0.3 is 24.6 Å². The van der Waals surface area contributed by atoms with Gasteiger partial charge in [-0.3, -0.25) is 4.99 Å². The van der Waals surface area contributed by atoms with Gasteiger partial charge in [0.05, 0.1) is 26.0 Å². The van der Waals surface area contributed by atoms with Gasteiger partial charge in [0.25, 0.3) is 0 Å². The summed E-state index contributed by atoms with van der Waals surface area (Å²) in [5, 5.41) is 10.7. The van der Waals surface area contributed by atoms with Crippen molar-refractivity contribution in [1.82, 2.24) is 15.8 Å². The van der Waals surface area contributed by atoms with Crippen molar-refractivity contribution in [3.05, 3.63) is 41.3 Å². The summed E-state index contributed by atoms with van der Waals surface area (Å²) in [5.41, 5.74) is 2.09. The van der Waals surface area contributed by atoms with Crippen LogP contribution in [0.2, 0.25) is 0 Å². The quantitative estimate of drug-likeness (QED) is 0.276. The van der Waals surface area contributed by atoms with Gasteiger partial charge in [0, 0.05) is 25.6 Å². The SMILES string of the molecule is CCOc1ccc(CNC(=NC)NCc2cc(C(CC)CC)no2)cc1OC.I. The van der Waals surface area contributed by atoms with Crippen molar-refractivity contribution < 1.29 is 14.0 Å². The van der Waals surface area contributed by atoms with Crippen LogP contribution in [0.25, 0.3) is 0 Å². The molecule has 0 saturated heterocycles. The lowest BCUT2D eigenvalue weighted by Gasteiger charge is -2.13. The molecule has 0 saturated carbocycles. The van der Waals surface area contributed by atoms with Crippen LogP contribution in [0.15, 0.2) is 33.8 Å². The molecule has 0 bridgehead atoms. The van der Waals surface area contributed by atoms with E-state index in [1.165, 1.54) is 0 Å². The maximum absolute atomic E-state index is 5.55. The van der Waals surface area contributed by atoms with Crippen molar-refractivity contribution in [3.63, 3.8) is 0 Å². The van der Waals surface area contributed by atoms with E-state index in [9.17, 15) is 0 Å².